The number of carboxylic acids is 1. The van der Waals surface area contributed by atoms with Gasteiger partial charge in [-0.3, -0.25) is 9.59 Å². The van der Waals surface area contributed by atoms with Gasteiger partial charge in [0.1, 0.15) is 0 Å². The molecule has 0 aliphatic carbocycles. The van der Waals surface area contributed by atoms with Gasteiger partial charge in [-0.25, -0.2) is 4.79 Å². The largest absolute Gasteiger partial charge is 0.478 e. The third-order valence-electron chi connectivity index (χ3n) is 3.91. The number of carbonyl (C=O) groups is 3. The molecule has 3 aromatic rings. The van der Waals surface area contributed by atoms with E-state index < -0.39 is 11.9 Å². The minimum atomic E-state index is -1.20. The molecule has 0 aliphatic heterocycles. The second kappa shape index (κ2) is 7.97. The fourth-order valence-corrected chi connectivity index (χ4v) is 2.98. The van der Waals surface area contributed by atoms with Crippen LogP contribution in [0.15, 0.2) is 77.3 Å². The summed E-state index contributed by atoms with van der Waals surface area (Å²) < 4.78 is 0.686. The number of halogens is 1. The van der Waals surface area contributed by atoms with E-state index in [-0.39, 0.29) is 16.9 Å². The summed E-state index contributed by atoms with van der Waals surface area (Å²) in [5, 5.41) is 11.9. The summed E-state index contributed by atoms with van der Waals surface area (Å²) in [6, 6.07) is 19.5. The average Bonchev–Trinajstić information content (AvgIpc) is 2.69. The van der Waals surface area contributed by atoms with Crippen LogP contribution < -0.4 is 5.32 Å². The molecule has 0 aromatic heterocycles. The van der Waals surface area contributed by atoms with Crippen molar-refractivity contribution in [3.8, 4) is 0 Å². The van der Waals surface area contributed by atoms with Crippen molar-refractivity contribution in [2.75, 3.05) is 5.32 Å². The van der Waals surface area contributed by atoms with Crippen LogP contribution in [0.3, 0.4) is 0 Å². The molecule has 0 radical (unpaired) electrons. The van der Waals surface area contributed by atoms with Crippen LogP contribution in [0.5, 0.6) is 0 Å². The van der Waals surface area contributed by atoms with Gasteiger partial charge in [0.2, 0.25) is 0 Å². The lowest BCUT2D eigenvalue weighted by Gasteiger charge is -2.12. The summed E-state index contributed by atoms with van der Waals surface area (Å²) >= 11 is 3.34. The van der Waals surface area contributed by atoms with Crippen LogP contribution in [0.1, 0.15) is 36.6 Å². The maximum Gasteiger partial charge on any atom is 0.336 e. The van der Waals surface area contributed by atoms with Gasteiger partial charge in [-0.2, -0.15) is 0 Å². The highest BCUT2D eigenvalue weighted by molar-refractivity contribution is 9.10. The van der Waals surface area contributed by atoms with Crippen molar-refractivity contribution in [1.82, 2.24) is 0 Å². The number of aromatic carboxylic acids is 1. The van der Waals surface area contributed by atoms with E-state index in [9.17, 15) is 19.5 Å². The first-order valence-corrected chi connectivity index (χ1v) is 8.79. The lowest BCUT2D eigenvalue weighted by atomic mass is 10.0. The summed E-state index contributed by atoms with van der Waals surface area (Å²) in [4.78, 5) is 36.8. The van der Waals surface area contributed by atoms with Gasteiger partial charge in [-0.15, -0.1) is 0 Å². The van der Waals surface area contributed by atoms with Gasteiger partial charge in [0.15, 0.2) is 5.78 Å². The fourth-order valence-electron chi connectivity index (χ4n) is 2.62. The quantitative estimate of drug-likeness (QED) is 0.585. The van der Waals surface area contributed by atoms with Crippen LogP contribution in [0, 0.1) is 0 Å². The molecule has 6 heteroatoms. The van der Waals surface area contributed by atoms with Crippen molar-refractivity contribution in [1.29, 1.82) is 0 Å². The van der Waals surface area contributed by atoms with Crippen LogP contribution in [0.4, 0.5) is 5.69 Å². The van der Waals surface area contributed by atoms with E-state index in [1.807, 2.05) is 6.07 Å². The fraction of sp³-hybridized carbons (Fsp3) is 0. The van der Waals surface area contributed by atoms with Crippen LogP contribution in [0.25, 0.3) is 0 Å². The average molecular weight is 424 g/mol. The maximum atomic E-state index is 12.8. The smallest absolute Gasteiger partial charge is 0.336 e. The Morgan fingerprint density at radius 1 is 0.778 bits per heavy atom. The standard InChI is InChI=1S/C21H14BrNO4/c22-14-10-11-18(17(12-14)19(24)13-6-2-1-3-7-13)23-20(25)15-8-4-5-9-16(15)21(26)27/h1-12H,(H,23,25)(H,26,27). The molecule has 3 rings (SSSR count). The number of ketones is 1. The third-order valence-corrected chi connectivity index (χ3v) is 4.41. The number of nitrogens with one attached hydrogen (secondary N) is 1. The van der Waals surface area contributed by atoms with Crippen LogP contribution in [-0.4, -0.2) is 22.8 Å². The number of carbonyl (C=O) groups excluding carboxylic acids is 2. The Labute approximate surface area is 163 Å². The lowest BCUT2D eigenvalue weighted by Crippen LogP contribution is -2.18. The molecule has 134 valence electrons. The first kappa shape index (κ1) is 18.5. The molecule has 0 atom stereocenters. The summed E-state index contributed by atoms with van der Waals surface area (Å²) in [5.41, 5.74) is 1.00. The Balaban J connectivity index is 1.98. The Morgan fingerprint density at radius 2 is 1.41 bits per heavy atom. The van der Waals surface area contributed by atoms with Crippen LogP contribution in [-0.2, 0) is 0 Å². The number of anilines is 1. The number of benzene rings is 3. The molecule has 2 N–H and O–H groups in total. The predicted molar refractivity (Wildman–Crippen MR) is 105 cm³/mol. The highest BCUT2D eigenvalue weighted by Crippen LogP contribution is 2.25. The van der Waals surface area contributed by atoms with Crippen LogP contribution in [0.2, 0.25) is 0 Å². The summed E-state index contributed by atoms with van der Waals surface area (Å²) in [7, 11) is 0. The molecule has 0 unspecified atom stereocenters. The van der Waals surface area contributed by atoms with Crippen molar-refractivity contribution in [3.63, 3.8) is 0 Å². The molecule has 0 saturated heterocycles. The molecule has 0 saturated carbocycles. The van der Waals surface area contributed by atoms with Crippen LogP contribution >= 0.6 is 15.9 Å². The Bertz CT molecular complexity index is 1030. The van der Waals surface area contributed by atoms with Gasteiger partial charge in [-0.1, -0.05) is 58.4 Å². The van der Waals surface area contributed by atoms with E-state index in [2.05, 4.69) is 21.2 Å². The minimum Gasteiger partial charge on any atom is -0.478 e. The molecule has 0 fully saturated rings. The normalized spacial score (nSPS) is 10.3. The van der Waals surface area contributed by atoms with Gasteiger partial charge >= 0.3 is 5.97 Å². The van der Waals surface area contributed by atoms with E-state index in [0.29, 0.717) is 21.3 Å². The van der Waals surface area contributed by atoms with Crippen molar-refractivity contribution in [2.45, 2.75) is 0 Å². The Kier molecular flexibility index (Phi) is 5.47. The molecule has 1 amide bonds. The van der Waals surface area contributed by atoms with Gasteiger partial charge in [0, 0.05) is 15.6 Å². The number of hydrogen-bond acceptors (Lipinski definition) is 3. The first-order chi connectivity index (χ1) is 13.0. The monoisotopic (exact) mass is 423 g/mol. The molecular weight excluding hydrogens is 410 g/mol. The molecule has 0 bridgehead atoms. The zero-order valence-electron chi connectivity index (χ0n) is 14.0. The first-order valence-electron chi connectivity index (χ1n) is 8.00. The van der Waals surface area contributed by atoms with Gasteiger partial charge < -0.3 is 10.4 Å². The van der Waals surface area contributed by atoms with Crippen molar-refractivity contribution in [3.05, 3.63) is 99.5 Å². The number of amides is 1. The number of hydrogen-bond donors (Lipinski definition) is 2. The van der Waals surface area contributed by atoms with E-state index in [0.717, 1.165) is 0 Å². The molecule has 3 aromatic carbocycles. The van der Waals surface area contributed by atoms with E-state index in [1.165, 1.54) is 12.1 Å². The zero-order valence-corrected chi connectivity index (χ0v) is 15.6. The zero-order chi connectivity index (χ0) is 19.4. The third kappa shape index (κ3) is 4.12. The topological polar surface area (TPSA) is 83.5 Å². The Morgan fingerprint density at radius 3 is 2.07 bits per heavy atom. The molecule has 0 aliphatic rings. The van der Waals surface area contributed by atoms with E-state index in [4.69, 9.17) is 0 Å². The summed E-state index contributed by atoms with van der Waals surface area (Å²) in [5.74, 6) is -2.05. The van der Waals surface area contributed by atoms with Gasteiger partial charge in [0.25, 0.3) is 5.91 Å². The predicted octanol–water partition coefficient (Wildman–Crippen LogP) is 4.63. The van der Waals surface area contributed by atoms with Crippen molar-refractivity contribution < 1.29 is 19.5 Å². The summed E-state index contributed by atoms with van der Waals surface area (Å²) in [6.07, 6.45) is 0. The van der Waals surface area contributed by atoms with Crippen molar-refractivity contribution in [2.24, 2.45) is 0 Å². The second-order valence-electron chi connectivity index (χ2n) is 5.69. The summed E-state index contributed by atoms with van der Waals surface area (Å²) in [6.45, 7) is 0. The highest BCUT2D eigenvalue weighted by atomic mass is 79.9. The Hall–Kier alpha value is -3.25. The van der Waals surface area contributed by atoms with Crippen molar-refractivity contribution >= 4 is 39.3 Å². The number of rotatable bonds is 5. The highest BCUT2D eigenvalue weighted by Gasteiger charge is 2.19. The molecule has 27 heavy (non-hydrogen) atoms. The van der Waals surface area contributed by atoms with E-state index >= 15 is 0 Å². The van der Waals surface area contributed by atoms with Gasteiger partial charge in [-0.05, 0) is 30.3 Å². The maximum absolute atomic E-state index is 12.8. The SMILES string of the molecule is O=C(c1ccccc1)c1cc(Br)ccc1NC(=O)c1ccccc1C(=O)O. The number of carboxylic acid groups (broad SMARTS) is 1. The minimum absolute atomic E-state index is 0.0195. The van der Waals surface area contributed by atoms with Gasteiger partial charge in [0.05, 0.1) is 16.8 Å². The second-order valence-corrected chi connectivity index (χ2v) is 6.61. The molecular formula is C21H14BrNO4. The van der Waals surface area contributed by atoms with E-state index in [1.54, 1.807) is 54.6 Å². The molecule has 5 nitrogen and oxygen atoms in total. The molecule has 0 heterocycles. The molecule has 0 spiro atoms. The lowest BCUT2D eigenvalue weighted by molar-refractivity contribution is 0.0692.